The summed E-state index contributed by atoms with van der Waals surface area (Å²) in [6.07, 6.45) is 1.24. The van der Waals surface area contributed by atoms with Gasteiger partial charge in [0.25, 0.3) is 0 Å². The Morgan fingerprint density at radius 3 is 2.92 bits per heavy atom. The van der Waals surface area contributed by atoms with Gasteiger partial charge in [-0.05, 0) is 11.6 Å². The Hall–Kier alpha value is -1.33. The zero-order valence-corrected chi connectivity index (χ0v) is 6.66. The van der Waals surface area contributed by atoms with Crippen LogP contribution in [0.25, 0.3) is 0 Å². The molecule has 2 rings (SSSR count). The van der Waals surface area contributed by atoms with Crippen molar-refractivity contribution in [3.8, 4) is 6.07 Å². The third-order valence-corrected chi connectivity index (χ3v) is 1.99. The fraction of sp³-hybridized carbons (Fsp3) is 0.300. The smallest absolute Gasteiger partial charge is 0.0994 e. The van der Waals surface area contributed by atoms with Gasteiger partial charge in [-0.2, -0.15) is 5.26 Å². The zero-order valence-electron chi connectivity index (χ0n) is 6.66. The Kier molecular flexibility index (Phi) is 1.81. The molecule has 0 unspecified atom stereocenters. The van der Waals surface area contributed by atoms with Crippen molar-refractivity contribution in [3.05, 3.63) is 35.4 Å². The van der Waals surface area contributed by atoms with Crippen molar-refractivity contribution in [2.24, 2.45) is 0 Å². The molecule has 2 heteroatoms. The van der Waals surface area contributed by atoms with Crippen molar-refractivity contribution < 1.29 is 4.74 Å². The maximum atomic E-state index is 8.76. The molecular weight excluding hydrogens is 150 g/mol. The van der Waals surface area contributed by atoms with Crippen molar-refractivity contribution in [2.75, 3.05) is 6.61 Å². The van der Waals surface area contributed by atoms with Gasteiger partial charge in [-0.25, -0.2) is 0 Å². The second-order valence-electron chi connectivity index (χ2n) is 2.93. The quantitative estimate of drug-likeness (QED) is 0.613. The summed E-state index contributed by atoms with van der Waals surface area (Å²) < 4.78 is 5.10. The van der Waals surface area contributed by atoms with Gasteiger partial charge < -0.3 is 4.74 Å². The zero-order chi connectivity index (χ0) is 8.39. The van der Waals surface area contributed by atoms with E-state index in [-0.39, 0.29) is 0 Å². The highest BCUT2D eigenvalue weighted by molar-refractivity contribution is 5.37. The molecule has 0 radical (unpaired) electrons. The van der Waals surface area contributed by atoms with E-state index in [2.05, 4.69) is 6.07 Å². The number of nitriles is 1. The highest BCUT2D eigenvalue weighted by Gasteiger charge is 2.23. The van der Waals surface area contributed by atoms with E-state index in [1.165, 1.54) is 0 Å². The molecule has 0 aromatic heterocycles. The van der Waals surface area contributed by atoms with Crippen molar-refractivity contribution in [2.45, 2.75) is 12.5 Å². The van der Waals surface area contributed by atoms with Gasteiger partial charge in [0.2, 0.25) is 0 Å². The van der Waals surface area contributed by atoms with E-state index in [1.807, 2.05) is 24.3 Å². The minimum absolute atomic E-state index is 0.361. The fourth-order valence-corrected chi connectivity index (χ4v) is 1.24. The monoisotopic (exact) mass is 159 g/mol. The van der Waals surface area contributed by atoms with Crippen molar-refractivity contribution in [1.29, 1.82) is 5.26 Å². The Bertz CT molecular complexity index is 323. The molecule has 12 heavy (non-hydrogen) atoms. The molecule has 1 saturated heterocycles. The standard InChI is InChI=1S/C10H9NO/c11-6-9-4-2-1-3-8(9)5-10-7-12-10/h1-4,10H,5,7H2/t10-/m1/s1. The number of benzene rings is 1. The lowest BCUT2D eigenvalue weighted by atomic mass is 10.0. The summed E-state index contributed by atoms with van der Waals surface area (Å²) in [6.45, 7) is 0.847. The van der Waals surface area contributed by atoms with E-state index < -0.39 is 0 Å². The molecule has 1 aromatic rings. The summed E-state index contributed by atoms with van der Waals surface area (Å²) in [5.74, 6) is 0. The van der Waals surface area contributed by atoms with Crippen LogP contribution in [-0.4, -0.2) is 12.7 Å². The molecule has 1 heterocycles. The van der Waals surface area contributed by atoms with Gasteiger partial charge >= 0.3 is 0 Å². The van der Waals surface area contributed by atoms with Gasteiger partial charge in [0.15, 0.2) is 0 Å². The molecule has 1 aromatic carbocycles. The molecule has 1 aliphatic heterocycles. The summed E-state index contributed by atoms with van der Waals surface area (Å²) in [7, 11) is 0. The second kappa shape index (κ2) is 2.96. The lowest BCUT2D eigenvalue weighted by Gasteiger charge is -1.98. The van der Waals surface area contributed by atoms with Gasteiger partial charge in [-0.1, -0.05) is 18.2 Å². The van der Waals surface area contributed by atoms with E-state index >= 15 is 0 Å². The number of epoxide rings is 1. The first-order valence-electron chi connectivity index (χ1n) is 4.00. The lowest BCUT2D eigenvalue weighted by Crippen LogP contribution is -1.95. The molecule has 0 N–H and O–H groups in total. The molecule has 60 valence electrons. The summed E-state index contributed by atoms with van der Waals surface area (Å²) in [4.78, 5) is 0. The van der Waals surface area contributed by atoms with Crippen molar-refractivity contribution in [1.82, 2.24) is 0 Å². The number of nitrogens with zero attached hydrogens (tertiary/aromatic N) is 1. The van der Waals surface area contributed by atoms with Crippen LogP contribution in [0.3, 0.4) is 0 Å². The van der Waals surface area contributed by atoms with Crippen molar-refractivity contribution >= 4 is 0 Å². The van der Waals surface area contributed by atoms with Gasteiger partial charge in [0.05, 0.1) is 24.3 Å². The number of hydrogen-bond acceptors (Lipinski definition) is 2. The van der Waals surface area contributed by atoms with E-state index in [0.717, 1.165) is 24.2 Å². The predicted molar refractivity (Wildman–Crippen MR) is 44.6 cm³/mol. The third kappa shape index (κ3) is 1.46. The minimum Gasteiger partial charge on any atom is -0.373 e. The van der Waals surface area contributed by atoms with Crippen LogP contribution in [0, 0.1) is 11.3 Å². The van der Waals surface area contributed by atoms with E-state index in [1.54, 1.807) is 0 Å². The molecular formula is C10H9NO. The van der Waals surface area contributed by atoms with Crippen LogP contribution in [0.5, 0.6) is 0 Å². The minimum atomic E-state index is 0.361. The van der Waals surface area contributed by atoms with Gasteiger partial charge in [-0.15, -0.1) is 0 Å². The molecule has 2 nitrogen and oxygen atoms in total. The van der Waals surface area contributed by atoms with Crippen LogP contribution in [0.1, 0.15) is 11.1 Å². The van der Waals surface area contributed by atoms with Crippen LogP contribution in [0.15, 0.2) is 24.3 Å². The Morgan fingerprint density at radius 2 is 2.25 bits per heavy atom. The number of hydrogen-bond donors (Lipinski definition) is 0. The third-order valence-electron chi connectivity index (χ3n) is 1.99. The molecule has 1 aliphatic rings. The second-order valence-corrected chi connectivity index (χ2v) is 2.93. The lowest BCUT2D eigenvalue weighted by molar-refractivity contribution is 0.407. The Balaban J connectivity index is 2.22. The fourth-order valence-electron chi connectivity index (χ4n) is 1.24. The summed E-state index contributed by atoms with van der Waals surface area (Å²) in [5.41, 5.74) is 1.87. The first-order chi connectivity index (χ1) is 5.90. The first-order valence-corrected chi connectivity index (χ1v) is 4.00. The van der Waals surface area contributed by atoms with Crippen LogP contribution in [-0.2, 0) is 11.2 Å². The van der Waals surface area contributed by atoms with Gasteiger partial charge in [-0.3, -0.25) is 0 Å². The van der Waals surface area contributed by atoms with Crippen molar-refractivity contribution in [3.63, 3.8) is 0 Å². The summed E-state index contributed by atoms with van der Waals surface area (Å²) in [6, 6.07) is 9.85. The highest BCUT2D eigenvalue weighted by Crippen LogP contribution is 2.18. The molecule has 0 aliphatic carbocycles. The average molecular weight is 159 g/mol. The normalized spacial score (nSPS) is 20.1. The first kappa shape index (κ1) is 7.33. The Morgan fingerprint density at radius 1 is 1.50 bits per heavy atom. The summed E-state index contributed by atoms with van der Waals surface area (Å²) >= 11 is 0. The van der Waals surface area contributed by atoms with Crippen LogP contribution in [0.4, 0.5) is 0 Å². The van der Waals surface area contributed by atoms with Crippen LogP contribution >= 0.6 is 0 Å². The molecule has 1 fully saturated rings. The average Bonchev–Trinajstić information content (AvgIpc) is 2.89. The summed E-state index contributed by atoms with van der Waals surface area (Å²) in [5, 5.41) is 8.76. The van der Waals surface area contributed by atoms with Crippen LogP contribution in [0.2, 0.25) is 0 Å². The largest absolute Gasteiger partial charge is 0.373 e. The maximum absolute atomic E-state index is 8.76. The number of rotatable bonds is 2. The highest BCUT2D eigenvalue weighted by atomic mass is 16.6. The molecule has 1 atom stereocenters. The molecule has 0 amide bonds. The van der Waals surface area contributed by atoms with E-state index in [0.29, 0.717) is 6.10 Å². The molecule has 0 saturated carbocycles. The number of ether oxygens (including phenoxy) is 1. The predicted octanol–water partition coefficient (Wildman–Crippen LogP) is 1.50. The molecule has 0 spiro atoms. The van der Waals surface area contributed by atoms with Gasteiger partial charge in [0.1, 0.15) is 0 Å². The van der Waals surface area contributed by atoms with Crippen LogP contribution < -0.4 is 0 Å². The van der Waals surface area contributed by atoms with E-state index in [9.17, 15) is 0 Å². The SMILES string of the molecule is N#Cc1ccccc1C[C@@H]1CO1. The maximum Gasteiger partial charge on any atom is 0.0994 e. The molecule has 0 bridgehead atoms. The topological polar surface area (TPSA) is 36.3 Å². The van der Waals surface area contributed by atoms with E-state index in [4.69, 9.17) is 10.00 Å². The Labute approximate surface area is 71.4 Å². The van der Waals surface area contributed by atoms with Gasteiger partial charge in [0, 0.05) is 6.42 Å².